The molecule has 1 aromatic carbocycles. The van der Waals surface area contributed by atoms with Gasteiger partial charge in [-0.2, -0.15) is 0 Å². The molecule has 0 heterocycles. The van der Waals surface area contributed by atoms with E-state index in [1.807, 2.05) is 25.1 Å². The summed E-state index contributed by atoms with van der Waals surface area (Å²) >= 11 is 0. The molecule has 0 aromatic heterocycles. The van der Waals surface area contributed by atoms with E-state index < -0.39 is 12.0 Å². The Balaban J connectivity index is 2.37. The van der Waals surface area contributed by atoms with Crippen LogP contribution in [0.2, 0.25) is 0 Å². The van der Waals surface area contributed by atoms with Crippen LogP contribution in [-0.4, -0.2) is 31.1 Å². The third-order valence-corrected chi connectivity index (χ3v) is 2.38. The topological polar surface area (TPSA) is 64.6 Å². The molecule has 1 unspecified atom stereocenters. The predicted molar refractivity (Wildman–Crippen MR) is 70.9 cm³/mol. The van der Waals surface area contributed by atoms with Crippen LogP contribution in [0, 0.1) is 6.92 Å². The van der Waals surface area contributed by atoms with E-state index in [2.05, 4.69) is 5.32 Å². The fourth-order valence-corrected chi connectivity index (χ4v) is 1.46. The van der Waals surface area contributed by atoms with Crippen LogP contribution in [0.15, 0.2) is 24.3 Å². The van der Waals surface area contributed by atoms with E-state index in [1.165, 1.54) is 0 Å². The smallest absolute Gasteiger partial charge is 0.328 e. The van der Waals surface area contributed by atoms with Crippen molar-refractivity contribution in [3.63, 3.8) is 0 Å². The third kappa shape index (κ3) is 5.42. The number of amides is 1. The van der Waals surface area contributed by atoms with E-state index in [-0.39, 0.29) is 12.5 Å². The standard InChI is InChI=1S/C14H19NO4/c1-4-18-14(17)11(3)15-13(16)9-19-12-7-5-6-10(2)8-12/h5-8,11H,4,9H2,1-3H3,(H,15,16). The van der Waals surface area contributed by atoms with Crippen molar-refractivity contribution >= 4 is 11.9 Å². The number of ether oxygens (including phenoxy) is 2. The molecule has 5 nitrogen and oxygen atoms in total. The molecular formula is C14H19NO4. The normalized spacial score (nSPS) is 11.5. The van der Waals surface area contributed by atoms with Gasteiger partial charge in [0, 0.05) is 0 Å². The first-order chi connectivity index (χ1) is 9.02. The van der Waals surface area contributed by atoms with Crippen LogP contribution in [0.5, 0.6) is 5.75 Å². The van der Waals surface area contributed by atoms with Crippen molar-refractivity contribution < 1.29 is 19.1 Å². The van der Waals surface area contributed by atoms with Gasteiger partial charge in [-0.1, -0.05) is 12.1 Å². The van der Waals surface area contributed by atoms with Gasteiger partial charge in [-0.3, -0.25) is 4.79 Å². The van der Waals surface area contributed by atoms with E-state index in [4.69, 9.17) is 9.47 Å². The molecule has 0 aliphatic heterocycles. The van der Waals surface area contributed by atoms with Crippen molar-refractivity contribution in [1.82, 2.24) is 5.32 Å². The van der Waals surface area contributed by atoms with Crippen molar-refractivity contribution in [3.05, 3.63) is 29.8 Å². The highest BCUT2D eigenvalue weighted by molar-refractivity contribution is 5.84. The second kappa shape index (κ2) is 7.41. The summed E-state index contributed by atoms with van der Waals surface area (Å²) in [6.07, 6.45) is 0. The molecular weight excluding hydrogens is 246 g/mol. The van der Waals surface area contributed by atoms with Gasteiger partial charge in [0.05, 0.1) is 6.61 Å². The number of carbonyl (C=O) groups excluding carboxylic acids is 2. The average molecular weight is 265 g/mol. The maximum Gasteiger partial charge on any atom is 0.328 e. The van der Waals surface area contributed by atoms with Crippen LogP contribution >= 0.6 is 0 Å². The Labute approximate surface area is 112 Å². The molecule has 1 amide bonds. The Morgan fingerprint density at radius 1 is 1.37 bits per heavy atom. The first-order valence-electron chi connectivity index (χ1n) is 6.18. The molecule has 5 heteroatoms. The van der Waals surface area contributed by atoms with Crippen LogP contribution in [0.25, 0.3) is 0 Å². The summed E-state index contributed by atoms with van der Waals surface area (Å²) in [5, 5.41) is 2.51. The van der Waals surface area contributed by atoms with E-state index in [1.54, 1.807) is 19.9 Å². The summed E-state index contributed by atoms with van der Waals surface area (Å²) < 4.78 is 10.1. The third-order valence-electron chi connectivity index (χ3n) is 2.38. The summed E-state index contributed by atoms with van der Waals surface area (Å²) in [6, 6.07) is 6.73. The molecule has 1 atom stereocenters. The van der Waals surface area contributed by atoms with Gasteiger partial charge in [-0.15, -0.1) is 0 Å². The molecule has 0 aliphatic carbocycles. The van der Waals surface area contributed by atoms with E-state index >= 15 is 0 Å². The SMILES string of the molecule is CCOC(=O)C(C)NC(=O)COc1cccc(C)c1. The van der Waals surface area contributed by atoms with Crippen LogP contribution in [0.1, 0.15) is 19.4 Å². The summed E-state index contributed by atoms with van der Waals surface area (Å²) in [5.74, 6) is -0.188. The number of nitrogens with one attached hydrogen (secondary N) is 1. The molecule has 1 rings (SSSR count). The lowest BCUT2D eigenvalue weighted by Crippen LogP contribution is -2.41. The minimum atomic E-state index is -0.673. The maximum atomic E-state index is 11.6. The zero-order valence-electron chi connectivity index (χ0n) is 11.4. The Morgan fingerprint density at radius 3 is 2.74 bits per heavy atom. The Bertz CT molecular complexity index is 445. The second-order valence-electron chi connectivity index (χ2n) is 4.15. The van der Waals surface area contributed by atoms with Crippen molar-refractivity contribution in [2.45, 2.75) is 26.8 Å². The average Bonchev–Trinajstić information content (AvgIpc) is 2.36. The first kappa shape index (κ1) is 15.0. The van der Waals surface area contributed by atoms with E-state index in [0.29, 0.717) is 12.4 Å². The minimum absolute atomic E-state index is 0.132. The van der Waals surface area contributed by atoms with Crippen molar-refractivity contribution in [1.29, 1.82) is 0 Å². The number of rotatable bonds is 6. The summed E-state index contributed by atoms with van der Waals surface area (Å²) in [5.41, 5.74) is 1.05. The molecule has 0 saturated heterocycles. The quantitative estimate of drug-likeness (QED) is 0.790. The lowest BCUT2D eigenvalue weighted by molar-refractivity contribution is -0.147. The Morgan fingerprint density at radius 2 is 2.11 bits per heavy atom. The summed E-state index contributed by atoms with van der Waals surface area (Å²) in [4.78, 5) is 22.9. The molecule has 0 bridgehead atoms. The highest BCUT2D eigenvalue weighted by Crippen LogP contribution is 2.11. The molecule has 0 spiro atoms. The van der Waals surface area contributed by atoms with Gasteiger partial charge in [0.15, 0.2) is 6.61 Å². The van der Waals surface area contributed by atoms with Crippen molar-refractivity contribution in [2.24, 2.45) is 0 Å². The van der Waals surface area contributed by atoms with Gasteiger partial charge in [-0.25, -0.2) is 4.79 Å². The monoisotopic (exact) mass is 265 g/mol. The lowest BCUT2D eigenvalue weighted by atomic mass is 10.2. The zero-order chi connectivity index (χ0) is 14.3. The van der Waals surface area contributed by atoms with Crippen LogP contribution in [0.3, 0.4) is 0 Å². The highest BCUT2D eigenvalue weighted by Gasteiger charge is 2.16. The number of benzene rings is 1. The number of hydrogen-bond acceptors (Lipinski definition) is 4. The molecule has 1 aromatic rings. The Kier molecular flexibility index (Phi) is 5.85. The van der Waals surface area contributed by atoms with Gasteiger partial charge < -0.3 is 14.8 Å². The molecule has 0 radical (unpaired) electrons. The molecule has 0 fully saturated rings. The minimum Gasteiger partial charge on any atom is -0.484 e. The second-order valence-corrected chi connectivity index (χ2v) is 4.15. The molecule has 0 aliphatic rings. The van der Waals surface area contributed by atoms with E-state index in [9.17, 15) is 9.59 Å². The van der Waals surface area contributed by atoms with Gasteiger partial charge in [-0.05, 0) is 38.5 Å². The van der Waals surface area contributed by atoms with Crippen molar-refractivity contribution in [2.75, 3.05) is 13.2 Å². The molecule has 1 N–H and O–H groups in total. The fourth-order valence-electron chi connectivity index (χ4n) is 1.46. The van der Waals surface area contributed by atoms with Crippen LogP contribution < -0.4 is 10.1 Å². The predicted octanol–water partition coefficient (Wildman–Crippen LogP) is 1.44. The summed E-state index contributed by atoms with van der Waals surface area (Å²) in [7, 11) is 0. The highest BCUT2D eigenvalue weighted by atomic mass is 16.5. The van der Waals surface area contributed by atoms with Gasteiger partial charge in [0.2, 0.25) is 0 Å². The molecule has 19 heavy (non-hydrogen) atoms. The van der Waals surface area contributed by atoms with Crippen LogP contribution in [0.4, 0.5) is 0 Å². The van der Waals surface area contributed by atoms with Gasteiger partial charge in [0.1, 0.15) is 11.8 Å². The molecule has 104 valence electrons. The number of aryl methyl sites for hydroxylation is 1. The molecule has 0 saturated carbocycles. The fraction of sp³-hybridized carbons (Fsp3) is 0.429. The first-order valence-corrected chi connectivity index (χ1v) is 6.18. The van der Waals surface area contributed by atoms with E-state index in [0.717, 1.165) is 5.56 Å². The summed E-state index contributed by atoms with van der Waals surface area (Å²) in [6.45, 7) is 5.39. The largest absolute Gasteiger partial charge is 0.484 e. The zero-order valence-corrected chi connectivity index (χ0v) is 11.4. The lowest BCUT2D eigenvalue weighted by Gasteiger charge is -2.13. The number of hydrogen-bond donors (Lipinski definition) is 1. The maximum absolute atomic E-state index is 11.6. The number of carbonyl (C=O) groups is 2. The number of esters is 1. The van der Waals surface area contributed by atoms with Crippen LogP contribution in [-0.2, 0) is 14.3 Å². The van der Waals surface area contributed by atoms with Crippen molar-refractivity contribution in [3.8, 4) is 5.75 Å². The van der Waals surface area contributed by atoms with Gasteiger partial charge >= 0.3 is 5.97 Å². The van der Waals surface area contributed by atoms with Gasteiger partial charge in [0.25, 0.3) is 5.91 Å². The Hall–Kier alpha value is -2.04.